The van der Waals surface area contributed by atoms with Gasteiger partial charge in [0.2, 0.25) is 5.91 Å². The minimum atomic E-state index is -0.932. The van der Waals surface area contributed by atoms with E-state index in [1.54, 1.807) is 10.6 Å². The summed E-state index contributed by atoms with van der Waals surface area (Å²) in [6, 6.07) is 29.0. The van der Waals surface area contributed by atoms with Gasteiger partial charge in [-0.05, 0) is 71.3 Å². The van der Waals surface area contributed by atoms with Gasteiger partial charge in [0.15, 0.2) is 0 Å². The smallest absolute Gasteiger partial charge is 0.323 e. The first-order valence-electron chi connectivity index (χ1n) is 14.2. The number of amides is 1. The Balaban J connectivity index is 1.39. The van der Waals surface area contributed by atoms with Crippen LogP contribution in [0.15, 0.2) is 91.0 Å². The second-order valence-corrected chi connectivity index (χ2v) is 11.2. The summed E-state index contributed by atoms with van der Waals surface area (Å²) in [5.41, 5.74) is 4.82. The highest BCUT2D eigenvalue weighted by molar-refractivity contribution is 5.88. The van der Waals surface area contributed by atoms with Crippen LogP contribution >= 0.6 is 0 Å². The Morgan fingerprint density at radius 1 is 0.976 bits per heavy atom. The normalized spacial score (nSPS) is 15.5. The van der Waals surface area contributed by atoms with E-state index in [4.69, 9.17) is 0 Å². The molecule has 0 unspecified atom stereocenters. The third kappa shape index (κ3) is 5.34. The molecule has 6 rings (SSSR count). The fourth-order valence-electron chi connectivity index (χ4n) is 6.52. The van der Waals surface area contributed by atoms with Gasteiger partial charge in [0.25, 0.3) is 0 Å². The second-order valence-electron chi connectivity index (χ2n) is 11.2. The number of carbonyl (C=O) groups is 2. The quantitative estimate of drug-likeness (QED) is 0.232. The first-order chi connectivity index (χ1) is 19.9. The fourth-order valence-corrected chi connectivity index (χ4v) is 6.52. The van der Waals surface area contributed by atoms with E-state index in [0.717, 1.165) is 44.1 Å². The maximum Gasteiger partial charge on any atom is 0.323 e. The predicted octanol–water partition coefficient (Wildman–Crippen LogP) is 6.78. The maximum atomic E-state index is 14.4. The number of carbonyl (C=O) groups excluding carboxylic acids is 1. The lowest BCUT2D eigenvalue weighted by Gasteiger charge is -2.37. The minimum absolute atomic E-state index is 0.0932. The summed E-state index contributed by atoms with van der Waals surface area (Å²) in [5.74, 6) is -1.41. The van der Waals surface area contributed by atoms with Crippen molar-refractivity contribution in [1.29, 1.82) is 0 Å². The second kappa shape index (κ2) is 11.2. The van der Waals surface area contributed by atoms with Crippen molar-refractivity contribution in [3.05, 3.63) is 119 Å². The molecule has 0 spiro atoms. The number of rotatable bonds is 8. The summed E-state index contributed by atoms with van der Waals surface area (Å²) in [7, 11) is 0. The third-order valence-corrected chi connectivity index (χ3v) is 8.45. The zero-order valence-electron chi connectivity index (χ0n) is 23.1. The summed E-state index contributed by atoms with van der Waals surface area (Å²) in [4.78, 5) is 28.0. The van der Waals surface area contributed by atoms with Crippen LogP contribution in [0.5, 0.6) is 0 Å². The highest BCUT2D eigenvalue weighted by atomic mass is 19.1. The van der Waals surface area contributed by atoms with E-state index in [1.807, 2.05) is 48.2 Å². The van der Waals surface area contributed by atoms with Gasteiger partial charge in [-0.15, -0.1) is 0 Å². The van der Waals surface area contributed by atoms with Crippen LogP contribution in [0.3, 0.4) is 0 Å². The van der Waals surface area contributed by atoms with Crippen molar-refractivity contribution in [3.63, 3.8) is 0 Å². The molecular formula is C35H33FN2O3. The number of hydrogen-bond donors (Lipinski definition) is 1. The van der Waals surface area contributed by atoms with Crippen molar-refractivity contribution in [1.82, 2.24) is 9.47 Å². The summed E-state index contributed by atoms with van der Waals surface area (Å²) < 4.78 is 16.2. The molecule has 6 heteroatoms. The fraction of sp³-hybridized carbons (Fsp3) is 0.257. The summed E-state index contributed by atoms with van der Waals surface area (Å²) >= 11 is 0. The zero-order valence-corrected chi connectivity index (χ0v) is 23.1. The first kappa shape index (κ1) is 26.8. The standard InChI is InChI=1S/C35H33FN2O3/c1-23(18-24-8-3-2-4-9-24)35(41)37(21-26-12-7-11-25-10-5-6-13-29(25)26)28-15-17-33-31(20-28)30-19-27(36)14-16-32(30)38(33)22-34(39)40/h2-14,16,19,23,28H,15,17-18,20-22H2,1H3,(H,39,40)/t23-,28-/m0/s1. The van der Waals surface area contributed by atoms with Gasteiger partial charge in [0, 0.05) is 35.1 Å². The molecule has 0 saturated carbocycles. The molecule has 1 aliphatic carbocycles. The molecule has 1 aliphatic rings. The largest absolute Gasteiger partial charge is 0.480 e. The SMILES string of the molecule is C[C@@H](Cc1ccccc1)C(=O)N(Cc1cccc2ccccc12)[C@H]1CCc2c(c3cc(F)ccc3n2CC(=O)O)C1. The van der Waals surface area contributed by atoms with Gasteiger partial charge in [-0.1, -0.05) is 79.7 Å². The van der Waals surface area contributed by atoms with Gasteiger partial charge >= 0.3 is 5.97 Å². The zero-order chi connectivity index (χ0) is 28.5. The van der Waals surface area contributed by atoms with Crippen molar-refractivity contribution in [3.8, 4) is 0 Å². The number of hydrogen-bond acceptors (Lipinski definition) is 2. The monoisotopic (exact) mass is 548 g/mol. The Labute approximate surface area is 238 Å². The molecule has 4 aromatic carbocycles. The van der Waals surface area contributed by atoms with E-state index in [2.05, 4.69) is 36.4 Å². The highest BCUT2D eigenvalue weighted by Crippen LogP contribution is 2.36. The molecule has 0 aliphatic heterocycles. The first-order valence-corrected chi connectivity index (χ1v) is 14.2. The highest BCUT2D eigenvalue weighted by Gasteiger charge is 2.33. The Morgan fingerprint density at radius 2 is 1.73 bits per heavy atom. The molecule has 0 fully saturated rings. The number of halogens is 1. The Hall–Kier alpha value is -4.45. The van der Waals surface area contributed by atoms with Crippen LogP contribution < -0.4 is 0 Å². The predicted molar refractivity (Wildman–Crippen MR) is 159 cm³/mol. The van der Waals surface area contributed by atoms with Crippen molar-refractivity contribution in [2.45, 2.75) is 51.7 Å². The molecule has 1 amide bonds. The lowest BCUT2D eigenvalue weighted by molar-refractivity contribution is -0.138. The van der Waals surface area contributed by atoms with Gasteiger partial charge in [-0.2, -0.15) is 0 Å². The van der Waals surface area contributed by atoms with Crippen LogP contribution in [0.2, 0.25) is 0 Å². The third-order valence-electron chi connectivity index (χ3n) is 8.45. The lowest BCUT2D eigenvalue weighted by atomic mass is 9.88. The van der Waals surface area contributed by atoms with Crippen LogP contribution in [-0.2, 0) is 41.9 Å². The van der Waals surface area contributed by atoms with E-state index in [-0.39, 0.29) is 30.2 Å². The van der Waals surface area contributed by atoms with Crippen molar-refractivity contribution < 1.29 is 19.1 Å². The van der Waals surface area contributed by atoms with Crippen LogP contribution in [0.1, 0.15) is 35.7 Å². The maximum absolute atomic E-state index is 14.4. The van der Waals surface area contributed by atoms with E-state index in [0.29, 0.717) is 32.2 Å². The number of aromatic nitrogens is 1. The van der Waals surface area contributed by atoms with Gasteiger partial charge in [-0.25, -0.2) is 4.39 Å². The van der Waals surface area contributed by atoms with E-state index < -0.39 is 5.97 Å². The molecule has 1 N–H and O–H groups in total. The number of carboxylic acid groups (broad SMARTS) is 1. The van der Waals surface area contributed by atoms with Crippen molar-refractivity contribution in [2.75, 3.05) is 0 Å². The van der Waals surface area contributed by atoms with Crippen LogP contribution in [0, 0.1) is 11.7 Å². The summed E-state index contributed by atoms with van der Waals surface area (Å²) in [6.45, 7) is 2.30. The van der Waals surface area contributed by atoms with Crippen LogP contribution in [0.25, 0.3) is 21.7 Å². The molecule has 1 aromatic heterocycles. The average molecular weight is 549 g/mol. The molecule has 0 saturated heterocycles. The molecule has 208 valence electrons. The summed E-state index contributed by atoms with van der Waals surface area (Å²) in [6.07, 6.45) is 2.53. The van der Waals surface area contributed by atoms with E-state index in [9.17, 15) is 19.1 Å². The average Bonchev–Trinajstić information content (AvgIpc) is 3.27. The molecule has 0 bridgehead atoms. The number of carboxylic acids is 1. The number of aliphatic carboxylic acids is 1. The molecular weight excluding hydrogens is 515 g/mol. The molecule has 5 aromatic rings. The van der Waals surface area contributed by atoms with Crippen LogP contribution in [-0.4, -0.2) is 32.5 Å². The van der Waals surface area contributed by atoms with E-state index >= 15 is 0 Å². The number of nitrogens with zero attached hydrogens (tertiary/aromatic N) is 2. The molecule has 2 atom stereocenters. The Kier molecular flexibility index (Phi) is 7.31. The van der Waals surface area contributed by atoms with E-state index in [1.165, 1.54) is 12.1 Å². The molecule has 1 heterocycles. The van der Waals surface area contributed by atoms with Gasteiger partial charge in [0.05, 0.1) is 0 Å². The van der Waals surface area contributed by atoms with Crippen molar-refractivity contribution >= 4 is 33.6 Å². The van der Waals surface area contributed by atoms with Crippen molar-refractivity contribution in [2.24, 2.45) is 5.92 Å². The topological polar surface area (TPSA) is 62.5 Å². The lowest BCUT2D eigenvalue weighted by Crippen LogP contribution is -2.45. The molecule has 5 nitrogen and oxygen atoms in total. The van der Waals surface area contributed by atoms with Gasteiger partial charge in [0.1, 0.15) is 12.4 Å². The van der Waals surface area contributed by atoms with Gasteiger partial charge in [-0.3, -0.25) is 9.59 Å². The number of fused-ring (bicyclic) bond motifs is 4. The summed E-state index contributed by atoms with van der Waals surface area (Å²) in [5, 5.41) is 12.6. The Bertz CT molecular complexity index is 1740. The van der Waals surface area contributed by atoms with Gasteiger partial charge < -0.3 is 14.6 Å². The van der Waals surface area contributed by atoms with Crippen LogP contribution in [0.4, 0.5) is 4.39 Å². The number of benzene rings is 4. The minimum Gasteiger partial charge on any atom is -0.480 e. The molecule has 0 radical (unpaired) electrons. The Morgan fingerprint density at radius 3 is 2.54 bits per heavy atom. The molecule has 41 heavy (non-hydrogen) atoms.